The summed E-state index contributed by atoms with van der Waals surface area (Å²) in [5.74, 6) is -0.463. The molecule has 0 saturated carbocycles. The Balaban J connectivity index is 1.45. The van der Waals surface area contributed by atoms with Crippen LogP contribution in [0.2, 0.25) is 5.15 Å². The summed E-state index contributed by atoms with van der Waals surface area (Å²) in [6, 6.07) is 19.5. The van der Waals surface area contributed by atoms with E-state index in [0.29, 0.717) is 16.4 Å². The molecule has 0 saturated heterocycles. The highest BCUT2D eigenvalue weighted by atomic mass is 35.5. The number of hydrogen-bond donors (Lipinski definition) is 0. The Labute approximate surface area is 167 Å². The van der Waals surface area contributed by atoms with Crippen LogP contribution in [-0.4, -0.2) is 15.9 Å². The Morgan fingerprint density at radius 1 is 1.00 bits per heavy atom. The zero-order chi connectivity index (χ0) is 19.5. The maximum Gasteiger partial charge on any atom is 0.331 e. The van der Waals surface area contributed by atoms with Crippen molar-refractivity contribution >= 4 is 45.5 Å². The fourth-order valence-electron chi connectivity index (χ4n) is 2.92. The molecule has 0 amide bonds. The van der Waals surface area contributed by atoms with Crippen LogP contribution in [-0.2, 0) is 16.1 Å². The second kappa shape index (κ2) is 7.79. The SMILES string of the molecule is Cc1ccc2cc(COC(=O)/C=C/c3ccc4ccccc4n3)c(Cl)nc2c1. The highest BCUT2D eigenvalue weighted by molar-refractivity contribution is 6.30. The van der Waals surface area contributed by atoms with Gasteiger partial charge in [-0.25, -0.2) is 14.8 Å². The van der Waals surface area contributed by atoms with Crippen LogP contribution in [0, 0.1) is 6.92 Å². The third-order valence-electron chi connectivity index (χ3n) is 4.38. The smallest absolute Gasteiger partial charge is 0.331 e. The molecule has 2 aromatic carbocycles. The topological polar surface area (TPSA) is 52.1 Å². The molecule has 0 N–H and O–H groups in total. The number of esters is 1. The first kappa shape index (κ1) is 18.1. The number of aromatic nitrogens is 2. The van der Waals surface area contributed by atoms with Crippen LogP contribution < -0.4 is 0 Å². The predicted molar refractivity (Wildman–Crippen MR) is 112 cm³/mol. The van der Waals surface area contributed by atoms with E-state index in [1.54, 1.807) is 6.08 Å². The molecule has 0 atom stereocenters. The van der Waals surface area contributed by atoms with E-state index in [0.717, 1.165) is 27.4 Å². The Kier molecular flexibility index (Phi) is 5.04. The maximum absolute atomic E-state index is 12.1. The molecule has 0 unspecified atom stereocenters. The van der Waals surface area contributed by atoms with Gasteiger partial charge in [0.2, 0.25) is 0 Å². The maximum atomic E-state index is 12.1. The van der Waals surface area contributed by atoms with Crippen molar-refractivity contribution in [2.75, 3.05) is 0 Å². The molecule has 0 aliphatic carbocycles. The number of benzene rings is 2. The third-order valence-corrected chi connectivity index (χ3v) is 4.71. The van der Waals surface area contributed by atoms with E-state index >= 15 is 0 Å². The molecule has 4 rings (SSSR count). The van der Waals surface area contributed by atoms with Gasteiger partial charge in [0.25, 0.3) is 0 Å². The molecule has 0 aliphatic rings. The van der Waals surface area contributed by atoms with Crippen molar-refractivity contribution in [3.63, 3.8) is 0 Å². The highest BCUT2D eigenvalue weighted by Crippen LogP contribution is 2.22. The second-order valence-corrected chi connectivity index (χ2v) is 6.86. The van der Waals surface area contributed by atoms with E-state index < -0.39 is 5.97 Å². The van der Waals surface area contributed by atoms with Crippen LogP contribution in [0.25, 0.3) is 27.9 Å². The van der Waals surface area contributed by atoms with Crippen molar-refractivity contribution < 1.29 is 9.53 Å². The van der Waals surface area contributed by atoms with Crippen molar-refractivity contribution in [2.45, 2.75) is 13.5 Å². The minimum atomic E-state index is -0.463. The van der Waals surface area contributed by atoms with Gasteiger partial charge in [-0.15, -0.1) is 0 Å². The molecule has 4 aromatic rings. The minimum Gasteiger partial charge on any atom is -0.458 e. The van der Waals surface area contributed by atoms with E-state index in [-0.39, 0.29) is 6.61 Å². The monoisotopic (exact) mass is 388 g/mol. The summed E-state index contributed by atoms with van der Waals surface area (Å²) in [5, 5.41) is 2.35. The Morgan fingerprint density at radius 3 is 2.71 bits per heavy atom. The van der Waals surface area contributed by atoms with Gasteiger partial charge in [-0.2, -0.15) is 0 Å². The fourth-order valence-corrected chi connectivity index (χ4v) is 3.12. The zero-order valence-electron chi connectivity index (χ0n) is 15.2. The normalized spacial score (nSPS) is 11.4. The lowest BCUT2D eigenvalue weighted by atomic mass is 10.1. The molecule has 2 heterocycles. The van der Waals surface area contributed by atoms with Gasteiger partial charge in [-0.05, 0) is 42.8 Å². The average molecular weight is 389 g/mol. The third kappa shape index (κ3) is 4.02. The van der Waals surface area contributed by atoms with E-state index in [2.05, 4.69) is 9.97 Å². The number of para-hydroxylation sites is 1. The van der Waals surface area contributed by atoms with E-state index in [4.69, 9.17) is 16.3 Å². The average Bonchev–Trinajstić information content (AvgIpc) is 2.70. The fraction of sp³-hybridized carbons (Fsp3) is 0.0870. The number of carbonyl (C=O) groups is 1. The van der Waals surface area contributed by atoms with Crippen LogP contribution in [0.5, 0.6) is 0 Å². The number of ether oxygens (including phenoxy) is 1. The lowest BCUT2D eigenvalue weighted by Crippen LogP contribution is -2.02. The minimum absolute atomic E-state index is 0.0595. The molecule has 138 valence electrons. The number of halogens is 1. The molecule has 0 radical (unpaired) electrons. The van der Waals surface area contributed by atoms with Gasteiger partial charge in [0.15, 0.2) is 0 Å². The number of aryl methyl sites for hydroxylation is 1. The van der Waals surface area contributed by atoms with E-state index in [1.807, 2.05) is 67.6 Å². The molecule has 2 aromatic heterocycles. The molecular weight excluding hydrogens is 372 g/mol. The standard InChI is InChI=1S/C23H17ClN2O2/c1-15-6-7-17-13-18(23(24)26-21(17)12-15)14-28-22(27)11-10-19-9-8-16-4-2-3-5-20(16)25-19/h2-13H,14H2,1H3/b11-10+. The van der Waals surface area contributed by atoms with Crippen LogP contribution in [0.4, 0.5) is 0 Å². The summed E-state index contributed by atoms with van der Waals surface area (Å²) >= 11 is 6.24. The van der Waals surface area contributed by atoms with Gasteiger partial charge in [0, 0.05) is 22.4 Å². The largest absolute Gasteiger partial charge is 0.458 e. The van der Waals surface area contributed by atoms with Crippen molar-refractivity contribution in [1.29, 1.82) is 0 Å². The molecule has 0 bridgehead atoms. The Hall–Kier alpha value is -3.24. The summed E-state index contributed by atoms with van der Waals surface area (Å²) in [4.78, 5) is 21.0. The number of hydrogen-bond acceptors (Lipinski definition) is 4. The van der Waals surface area contributed by atoms with E-state index in [9.17, 15) is 4.79 Å². The van der Waals surface area contributed by atoms with Gasteiger partial charge in [0.1, 0.15) is 11.8 Å². The van der Waals surface area contributed by atoms with Crippen molar-refractivity contribution in [3.8, 4) is 0 Å². The molecule has 5 heteroatoms. The highest BCUT2D eigenvalue weighted by Gasteiger charge is 2.08. The molecule has 0 spiro atoms. The summed E-state index contributed by atoms with van der Waals surface area (Å²) in [7, 11) is 0. The number of carbonyl (C=O) groups excluding carboxylic acids is 1. The molecule has 28 heavy (non-hydrogen) atoms. The van der Waals surface area contributed by atoms with Crippen molar-refractivity contribution in [3.05, 3.63) is 88.7 Å². The molecule has 0 aliphatic heterocycles. The van der Waals surface area contributed by atoms with Crippen LogP contribution in [0.15, 0.2) is 66.7 Å². The Bertz CT molecular complexity index is 1220. The molecule has 0 fully saturated rings. The Morgan fingerprint density at radius 2 is 1.82 bits per heavy atom. The summed E-state index contributed by atoms with van der Waals surface area (Å²) < 4.78 is 5.31. The van der Waals surface area contributed by atoms with Crippen LogP contribution >= 0.6 is 11.6 Å². The quantitative estimate of drug-likeness (QED) is 0.263. The molecular formula is C23H17ClN2O2. The van der Waals surface area contributed by atoms with Crippen LogP contribution in [0.3, 0.4) is 0 Å². The van der Waals surface area contributed by atoms with Gasteiger partial charge >= 0.3 is 5.97 Å². The van der Waals surface area contributed by atoms with Gasteiger partial charge in [-0.3, -0.25) is 0 Å². The summed E-state index contributed by atoms with van der Waals surface area (Å²) in [5.41, 5.74) is 4.17. The second-order valence-electron chi connectivity index (χ2n) is 6.50. The number of pyridine rings is 2. The summed E-state index contributed by atoms with van der Waals surface area (Å²) in [6.45, 7) is 2.06. The number of fused-ring (bicyclic) bond motifs is 2. The zero-order valence-corrected chi connectivity index (χ0v) is 16.0. The number of rotatable bonds is 4. The van der Waals surface area contributed by atoms with Gasteiger partial charge in [-0.1, -0.05) is 48.0 Å². The van der Waals surface area contributed by atoms with E-state index in [1.165, 1.54) is 6.08 Å². The first-order chi connectivity index (χ1) is 13.6. The van der Waals surface area contributed by atoms with Crippen molar-refractivity contribution in [1.82, 2.24) is 9.97 Å². The number of nitrogens with zero attached hydrogens (tertiary/aromatic N) is 2. The lowest BCUT2D eigenvalue weighted by molar-refractivity contribution is -0.138. The lowest BCUT2D eigenvalue weighted by Gasteiger charge is -2.07. The van der Waals surface area contributed by atoms with Crippen molar-refractivity contribution in [2.24, 2.45) is 0 Å². The first-order valence-corrected chi connectivity index (χ1v) is 9.23. The summed E-state index contributed by atoms with van der Waals surface area (Å²) in [6.07, 6.45) is 3.00. The predicted octanol–water partition coefficient (Wildman–Crippen LogP) is 5.50. The van der Waals surface area contributed by atoms with Gasteiger partial charge < -0.3 is 4.74 Å². The van der Waals surface area contributed by atoms with Gasteiger partial charge in [0.05, 0.1) is 16.7 Å². The van der Waals surface area contributed by atoms with Crippen LogP contribution in [0.1, 0.15) is 16.8 Å². The molecule has 4 nitrogen and oxygen atoms in total. The first-order valence-electron chi connectivity index (χ1n) is 8.85.